The second kappa shape index (κ2) is 11.6. The molecule has 0 aliphatic rings. The molecule has 0 saturated heterocycles. The normalized spacial score (nSPS) is 11.6. The van der Waals surface area contributed by atoms with Crippen molar-refractivity contribution in [2.24, 2.45) is 0 Å². The molecule has 0 radical (unpaired) electrons. The maximum absolute atomic E-state index is 12.1. The fourth-order valence-corrected chi connectivity index (χ4v) is 3.76. The summed E-state index contributed by atoms with van der Waals surface area (Å²) < 4.78 is 24.5. The summed E-state index contributed by atoms with van der Waals surface area (Å²) in [6.45, 7) is 3.29. The van der Waals surface area contributed by atoms with Crippen LogP contribution in [-0.4, -0.2) is 33.7 Å². The molecule has 1 amide bonds. The summed E-state index contributed by atoms with van der Waals surface area (Å²) in [4.78, 5) is 13.7. The Morgan fingerprint density at radius 3 is 2.38 bits per heavy atom. The lowest BCUT2D eigenvalue weighted by Gasteiger charge is -2.04. The number of sulfonamides is 1. The van der Waals surface area contributed by atoms with Gasteiger partial charge in [-0.2, -0.15) is 0 Å². The first-order chi connectivity index (χ1) is 11.4. The number of carbonyl (C=O) groups is 1. The number of thiophene rings is 1. The third-order valence-electron chi connectivity index (χ3n) is 3.69. The van der Waals surface area contributed by atoms with E-state index in [0.29, 0.717) is 17.8 Å². The smallest absolute Gasteiger partial charge is 0.261 e. The molecule has 1 aromatic rings. The Labute approximate surface area is 150 Å². The molecule has 0 fully saturated rings. The van der Waals surface area contributed by atoms with Crippen LogP contribution < -0.4 is 10.0 Å². The molecule has 0 saturated carbocycles. The molecular formula is C17H30N2O3S2. The standard InChI is InChI=1S/C17H30N2O3S2/c1-3-4-5-6-7-8-9-13-18-17(20)16-11-10-15(23-16)12-14-19-24(2,21)22/h10-11,19H,3-9,12-14H2,1-2H3,(H,18,20). The molecule has 5 nitrogen and oxygen atoms in total. The Kier molecular flexibility index (Phi) is 10.2. The van der Waals surface area contributed by atoms with Crippen LogP contribution >= 0.6 is 11.3 Å². The van der Waals surface area contributed by atoms with Gasteiger partial charge in [0, 0.05) is 18.0 Å². The maximum Gasteiger partial charge on any atom is 0.261 e. The summed E-state index contributed by atoms with van der Waals surface area (Å²) in [6.07, 6.45) is 10.4. The highest BCUT2D eigenvalue weighted by atomic mass is 32.2. The topological polar surface area (TPSA) is 75.3 Å². The van der Waals surface area contributed by atoms with Crippen LogP contribution in [0.2, 0.25) is 0 Å². The summed E-state index contributed by atoms with van der Waals surface area (Å²) >= 11 is 1.42. The van der Waals surface area contributed by atoms with Crippen molar-refractivity contribution in [1.29, 1.82) is 0 Å². The highest BCUT2D eigenvalue weighted by Crippen LogP contribution is 2.16. The third-order valence-corrected chi connectivity index (χ3v) is 5.56. The Bertz CT molecular complexity index is 582. The summed E-state index contributed by atoms with van der Waals surface area (Å²) in [6, 6.07) is 3.69. The van der Waals surface area contributed by atoms with Gasteiger partial charge in [-0.1, -0.05) is 45.4 Å². The molecule has 0 aliphatic heterocycles. The highest BCUT2D eigenvalue weighted by Gasteiger charge is 2.09. The minimum absolute atomic E-state index is 0.0340. The quantitative estimate of drug-likeness (QED) is 0.520. The molecule has 0 aliphatic carbocycles. The van der Waals surface area contributed by atoms with Crippen molar-refractivity contribution in [3.8, 4) is 0 Å². The van der Waals surface area contributed by atoms with E-state index in [-0.39, 0.29) is 5.91 Å². The van der Waals surface area contributed by atoms with Gasteiger partial charge in [-0.15, -0.1) is 11.3 Å². The van der Waals surface area contributed by atoms with Crippen LogP contribution in [0.3, 0.4) is 0 Å². The van der Waals surface area contributed by atoms with Gasteiger partial charge in [-0.25, -0.2) is 13.1 Å². The SMILES string of the molecule is CCCCCCCCCNC(=O)c1ccc(CCNS(C)(=O)=O)s1. The molecule has 0 unspecified atom stereocenters. The Morgan fingerprint density at radius 2 is 1.71 bits per heavy atom. The van der Waals surface area contributed by atoms with Crippen LogP contribution in [0.5, 0.6) is 0 Å². The van der Waals surface area contributed by atoms with Crippen molar-refractivity contribution in [2.45, 2.75) is 58.3 Å². The first-order valence-electron chi connectivity index (χ1n) is 8.74. The number of unbranched alkanes of at least 4 members (excludes halogenated alkanes) is 6. The first kappa shape index (κ1) is 21.1. The van der Waals surface area contributed by atoms with Crippen molar-refractivity contribution in [3.63, 3.8) is 0 Å². The van der Waals surface area contributed by atoms with Crippen LogP contribution in [0.15, 0.2) is 12.1 Å². The summed E-state index contributed by atoms with van der Waals surface area (Å²) in [7, 11) is -3.15. The summed E-state index contributed by atoms with van der Waals surface area (Å²) in [5.74, 6) is -0.0340. The number of hydrogen-bond acceptors (Lipinski definition) is 4. The van der Waals surface area contributed by atoms with Gasteiger partial charge in [-0.3, -0.25) is 4.79 Å². The fourth-order valence-electron chi connectivity index (χ4n) is 2.37. The average molecular weight is 375 g/mol. The van der Waals surface area contributed by atoms with Crippen LogP contribution in [0.1, 0.15) is 66.4 Å². The van der Waals surface area contributed by atoms with Crippen molar-refractivity contribution in [3.05, 3.63) is 21.9 Å². The predicted octanol–water partition coefficient (Wildman–Crippen LogP) is 3.32. The van der Waals surface area contributed by atoms with E-state index < -0.39 is 10.0 Å². The number of rotatable bonds is 13. The zero-order valence-corrected chi connectivity index (χ0v) is 16.4. The van der Waals surface area contributed by atoms with Gasteiger partial charge in [0.2, 0.25) is 10.0 Å². The van der Waals surface area contributed by atoms with Crippen molar-refractivity contribution < 1.29 is 13.2 Å². The lowest BCUT2D eigenvalue weighted by atomic mass is 10.1. The van der Waals surface area contributed by atoms with Gasteiger partial charge >= 0.3 is 0 Å². The van der Waals surface area contributed by atoms with Gasteiger partial charge in [0.15, 0.2) is 0 Å². The molecule has 1 rings (SSSR count). The van der Waals surface area contributed by atoms with E-state index >= 15 is 0 Å². The lowest BCUT2D eigenvalue weighted by molar-refractivity contribution is 0.0957. The van der Waals surface area contributed by atoms with E-state index in [9.17, 15) is 13.2 Å². The second-order valence-corrected chi connectivity index (χ2v) is 9.06. The van der Waals surface area contributed by atoms with E-state index in [1.165, 1.54) is 43.4 Å². The first-order valence-corrected chi connectivity index (χ1v) is 11.4. The molecule has 2 N–H and O–H groups in total. The molecule has 1 heterocycles. The van der Waals surface area contributed by atoms with Gasteiger partial charge in [-0.05, 0) is 25.0 Å². The molecule has 0 aromatic carbocycles. The fraction of sp³-hybridized carbons (Fsp3) is 0.706. The van der Waals surface area contributed by atoms with Crippen molar-refractivity contribution >= 4 is 27.3 Å². The number of carbonyl (C=O) groups excluding carboxylic acids is 1. The zero-order valence-electron chi connectivity index (χ0n) is 14.8. The van der Waals surface area contributed by atoms with Gasteiger partial charge in [0.25, 0.3) is 5.91 Å². The Morgan fingerprint density at radius 1 is 1.04 bits per heavy atom. The third kappa shape index (κ3) is 10.1. The molecule has 0 bridgehead atoms. The van der Waals surface area contributed by atoms with E-state index in [0.717, 1.165) is 30.5 Å². The van der Waals surface area contributed by atoms with Crippen LogP contribution in [0.25, 0.3) is 0 Å². The largest absolute Gasteiger partial charge is 0.351 e. The van der Waals surface area contributed by atoms with E-state index in [4.69, 9.17) is 0 Å². The van der Waals surface area contributed by atoms with E-state index in [1.807, 2.05) is 6.07 Å². The number of hydrogen-bond donors (Lipinski definition) is 2. The molecule has 0 atom stereocenters. The predicted molar refractivity (Wildman–Crippen MR) is 101 cm³/mol. The van der Waals surface area contributed by atoms with Crippen molar-refractivity contribution in [2.75, 3.05) is 19.3 Å². The van der Waals surface area contributed by atoms with Crippen LogP contribution in [0.4, 0.5) is 0 Å². The van der Waals surface area contributed by atoms with Crippen LogP contribution in [0, 0.1) is 0 Å². The molecule has 1 aromatic heterocycles. The minimum atomic E-state index is -3.15. The van der Waals surface area contributed by atoms with E-state index in [1.54, 1.807) is 6.07 Å². The Hall–Kier alpha value is -0.920. The average Bonchev–Trinajstić information content (AvgIpc) is 2.97. The van der Waals surface area contributed by atoms with Gasteiger partial charge in [0.05, 0.1) is 11.1 Å². The molecule has 24 heavy (non-hydrogen) atoms. The second-order valence-electron chi connectivity index (χ2n) is 6.06. The lowest BCUT2D eigenvalue weighted by Crippen LogP contribution is -2.24. The maximum atomic E-state index is 12.1. The van der Waals surface area contributed by atoms with Gasteiger partial charge < -0.3 is 5.32 Å². The van der Waals surface area contributed by atoms with Crippen LogP contribution in [-0.2, 0) is 16.4 Å². The summed E-state index contributed by atoms with van der Waals surface area (Å²) in [5, 5.41) is 2.95. The van der Waals surface area contributed by atoms with E-state index in [2.05, 4.69) is 17.0 Å². The molecule has 7 heteroatoms. The number of amides is 1. The molecule has 0 spiro atoms. The van der Waals surface area contributed by atoms with Gasteiger partial charge in [0.1, 0.15) is 0 Å². The highest BCUT2D eigenvalue weighted by molar-refractivity contribution is 7.88. The minimum Gasteiger partial charge on any atom is -0.351 e. The number of nitrogens with one attached hydrogen (secondary N) is 2. The molecule has 138 valence electrons. The molecular weight excluding hydrogens is 344 g/mol. The van der Waals surface area contributed by atoms with Crippen molar-refractivity contribution in [1.82, 2.24) is 10.0 Å². The summed E-state index contributed by atoms with van der Waals surface area (Å²) in [5.41, 5.74) is 0. The Balaban J connectivity index is 2.17. The zero-order chi connectivity index (χ0) is 17.8. The monoisotopic (exact) mass is 374 g/mol.